The number of hydrogen-bond acceptors (Lipinski definition) is 6. The van der Waals surface area contributed by atoms with Crippen LogP contribution in [0.2, 0.25) is 0 Å². The minimum atomic E-state index is -0.455. The lowest BCUT2D eigenvalue weighted by atomic mass is 10.1. The molecule has 1 aromatic heterocycles. The number of rotatable bonds is 4. The Morgan fingerprint density at radius 3 is 2.93 bits per heavy atom. The molecule has 3 heterocycles. The summed E-state index contributed by atoms with van der Waals surface area (Å²) in [5.41, 5.74) is 1.76. The van der Waals surface area contributed by atoms with Crippen molar-refractivity contribution >= 4 is 46.1 Å². The molecule has 0 radical (unpaired) electrons. The zero-order valence-electron chi connectivity index (χ0n) is 16.5. The van der Waals surface area contributed by atoms with Crippen LogP contribution >= 0.6 is 11.8 Å². The second-order valence-corrected chi connectivity index (χ2v) is 8.43. The van der Waals surface area contributed by atoms with Crippen LogP contribution in [0.25, 0.3) is 10.9 Å². The van der Waals surface area contributed by atoms with Crippen LogP contribution in [-0.2, 0) is 9.59 Å². The van der Waals surface area contributed by atoms with Gasteiger partial charge in [-0.2, -0.15) is 5.26 Å². The molecule has 30 heavy (non-hydrogen) atoms. The standard InChI is InChI=1S/C21H21N5O3S/c1-13-5-7-25(21(13)29)14-2-3-18-17(8-14)16(4-6-23-18)20(28)24-10-19(27)26-12-30-11-15(26)9-22/h2-4,6,8,13,15H,5,7,10-12H2,1H3,(H,24,28). The van der Waals surface area contributed by atoms with E-state index in [0.717, 1.165) is 12.1 Å². The SMILES string of the molecule is CC1CCN(c2ccc3nccc(C(=O)NCC(=O)N4CSCC4C#N)c3c2)C1=O. The fourth-order valence-corrected chi connectivity index (χ4v) is 4.83. The van der Waals surface area contributed by atoms with Crippen molar-refractivity contribution in [2.24, 2.45) is 5.92 Å². The first-order valence-electron chi connectivity index (χ1n) is 9.74. The first-order valence-corrected chi connectivity index (χ1v) is 10.9. The zero-order chi connectivity index (χ0) is 21.3. The number of carbonyl (C=O) groups is 3. The van der Waals surface area contributed by atoms with Crippen molar-refractivity contribution in [3.63, 3.8) is 0 Å². The average Bonchev–Trinajstić information content (AvgIpc) is 3.37. The van der Waals surface area contributed by atoms with Gasteiger partial charge in [-0.15, -0.1) is 11.8 Å². The van der Waals surface area contributed by atoms with Crippen LogP contribution in [0.5, 0.6) is 0 Å². The van der Waals surface area contributed by atoms with Crippen molar-refractivity contribution in [3.8, 4) is 6.07 Å². The van der Waals surface area contributed by atoms with Crippen LogP contribution < -0.4 is 10.2 Å². The van der Waals surface area contributed by atoms with Crippen LogP contribution in [0.4, 0.5) is 5.69 Å². The van der Waals surface area contributed by atoms with E-state index >= 15 is 0 Å². The summed E-state index contributed by atoms with van der Waals surface area (Å²) in [5.74, 6) is 0.429. The van der Waals surface area contributed by atoms with Gasteiger partial charge in [0.15, 0.2) is 0 Å². The highest BCUT2D eigenvalue weighted by Crippen LogP contribution is 2.29. The fourth-order valence-electron chi connectivity index (χ4n) is 3.73. The topological polar surface area (TPSA) is 106 Å². The van der Waals surface area contributed by atoms with Crippen molar-refractivity contribution in [1.82, 2.24) is 15.2 Å². The summed E-state index contributed by atoms with van der Waals surface area (Å²) in [6.45, 7) is 2.38. The monoisotopic (exact) mass is 423 g/mol. The zero-order valence-corrected chi connectivity index (χ0v) is 17.3. The average molecular weight is 423 g/mol. The highest BCUT2D eigenvalue weighted by atomic mass is 32.2. The molecule has 0 saturated carbocycles. The van der Waals surface area contributed by atoms with E-state index in [2.05, 4.69) is 16.4 Å². The van der Waals surface area contributed by atoms with Crippen LogP contribution in [0.15, 0.2) is 30.5 Å². The van der Waals surface area contributed by atoms with Gasteiger partial charge in [-0.05, 0) is 30.7 Å². The highest BCUT2D eigenvalue weighted by Gasteiger charge is 2.30. The maximum atomic E-state index is 12.8. The molecule has 2 saturated heterocycles. The van der Waals surface area contributed by atoms with Crippen molar-refractivity contribution in [2.45, 2.75) is 19.4 Å². The minimum Gasteiger partial charge on any atom is -0.343 e. The molecule has 2 unspecified atom stereocenters. The van der Waals surface area contributed by atoms with E-state index in [9.17, 15) is 14.4 Å². The summed E-state index contributed by atoms with van der Waals surface area (Å²) in [5, 5.41) is 12.4. The lowest BCUT2D eigenvalue weighted by Gasteiger charge is -2.19. The van der Waals surface area contributed by atoms with E-state index in [1.165, 1.54) is 16.7 Å². The number of hydrogen-bond donors (Lipinski definition) is 1. The third-order valence-corrected chi connectivity index (χ3v) is 6.52. The lowest BCUT2D eigenvalue weighted by molar-refractivity contribution is -0.129. The lowest BCUT2D eigenvalue weighted by Crippen LogP contribution is -2.42. The number of nitrogens with one attached hydrogen (secondary N) is 1. The number of fused-ring (bicyclic) bond motifs is 1. The third kappa shape index (κ3) is 3.71. The van der Waals surface area contributed by atoms with Crippen molar-refractivity contribution in [1.29, 1.82) is 5.26 Å². The third-order valence-electron chi connectivity index (χ3n) is 5.51. The predicted molar refractivity (Wildman–Crippen MR) is 114 cm³/mol. The van der Waals surface area contributed by atoms with Crippen molar-refractivity contribution < 1.29 is 14.4 Å². The summed E-state index contributed by atoms with van der Waals surface area (Å²) >= 11 is 1.52. The highest BCUT2D eigenvalue weighted by molar-refractivity contribution is 7.99. The van der Waals surface area contributed by atoms with Crippen LogP contribution in [0.3, 0.4) is 0 Å². The van der Waals surface area contributed by atoms with Gasteiger partial charge in [0.1, 0.15) is 6.04 Å². The maximum Gasteiger partial charge on any atom is 0.252 e. The summed E-state index contributed by atoms with van der Waals surface area (Å²) in [4.78, 5) is 45.1. The molecule has 2 atom stereocenters. The number of amides is 3. The number of pyridine rings is 1. The largest absolute Gasteiger partial charge is 0.343 e. The molecular formula is C21H21N5O3S. The number of aromatic nitrogens is 1. The molecule has 4 rings (SSSR count). The first-order chi connectivity index (χ1) is 14.5. The number of carbonyl (C=O) groups excluding carboxylic acids is 3. The molecule has 3 amide bonds. The Labute approximate surface area is 178 Å². The number of nitriles is 1. The molecule has 1 N–H and O–H groups in total. The summed E-state index contributed by atoms with van der Waals surface area (Å²) in [7, 11) is 0. The molecule has 0 spiro atoms. The van der Waals surface area contributed by atoms with Gasteiger partial charge in [0.2, 0.25) is 11.8 Å². The minimum absolute atomic E-state index is 0.00985. The molecule has 9 heteroatoms. The predicted octanol–water partition coefficient (Wildman–Crippen LogP) is 1.76. The van der Waals surface area contributed by atoms with Crippen LogP contribution in [0, 0.1) is 17.2 Å². The normalized spacial score (nSPS) is 21.1. The summed E-state index contributed by atoms with van der Waals surface area (Å²) < 4.78 is 0. The van der Waals surface area contributed by atoms with Gasteiger partial charge in [-0.25, -0.2) is 0 Å². The van der Waals surface area contributed by atoms with Gasteiger partial charge in [-0.1, -0.05) is 6.92 Å². The molecule has 0 aliphatic carbocycles. The number of nitrogens with zero attached hydrogens (tertiary/aromatic N) is 4. The molecule has 8 nitrogen and oxygen atoms in total. The fraction of sp³-hybridized carbons (Fsp3) is 0.381. The molecule has 2 aromatic rings. The molecular weight excluding hydrogens is 402 g/mol. The second-order valence-electron chi connectivity index (χ2n) is 7.43. The Bertz CT molecular complexity index is 1070. The smallest absolute Gasteiger partial charge is 0.252 e. The second kappa shape index (κ2) is 8.32. The molecule has 2 aliphatic rings. The summed E-state index contributed by atoms with van der Waals surface area (Å²) in [6.07, 6.45) is 2.35. The first kappa shape index (κ1) is 20.2. The van der Waals surface area contributed by atoms with Gasteiger partial charge in [0.05, 0.1) is 29.6 Å². The van der Waals surface area contributed by atoms with E-state index in [4.69, 9.17) is 5.26 Å². The van der Waals surface area contributed by atoms with Crippen molar-refractivity contribution in [3.05, 3.63) is 36.0 Å². The number of anilines is 1. The Morgan fingerprint density at radius 1 is 1.37 bits per heavy atom. The van der Waals surface area contributed by atoms with E-state index < -0.39 is 11.9 Å². The van der Waals surface area contributed by atoms with Crippen LogP contribution in [-0.4, -0.2) is 58.4 Å². The van der Waals surface area contributed by atoms with Gasteiger partial charge in [-0.3, -0.25) is 19.4 Å². The van der Waals surface area contributed by atoms with Gasteiger partial charge in [0, 0.05) is 35.5 Å². The Hall–Kier alpha value is -3.12. The van der Waals surface area contributed by atoms with E-state index in [1.807, 2.05) is 13.0 Å². The van der Waals surface area contributed by atoms with E-state index in [0.29, 0.717) is 34.6 Å². The van der Waals surface area contributed by atoms with Gasteiger partial charge >= 0.3 is 0 Å². The maximum absolute atomic E-state index is 12.8. The van der Waals surface area contributed by atoms with Crippen molar-refractivity contribution in [2.75, 3.05) is 29.6 Å². The van der Waals surface area contributed by atoms with E-state index in [-0.39, 0.29) is 24.3 Å². The summed E-state index contributed by atoms with van der Waals surface area (Å²) in [6, 6.07) is 8.69. The Balaban J connectivity index is 1.54. The van der Waals surface area contributed by atoms with Crippen LogP contribution in [0.1, 0.15) is 23.7 Å². The molecule has 2 fully saturated rings. The molecule has 0 bridgehead atoms. The quantitative estimate of drug-likeness (QED) is 0.803. The molecule has 2 aliphatic heterocycles. The molecule has 154 valence electrons. The number of benzene rings is 1. The van der Waals surface area contributed by atoms with Gasteiger partial charge in [0.25, 0.3) is 5.91 Å². The van der Waals surface area contributed by atoms with E-state index in [1.54, 1.807) is 29.3 Å². The number of thioether (sulfide) groups is 1. The Morgan fingerprint density at radius 2 is 2.20 bits per heavy atom. The Kier molecular flexibility index (Phi) is 5.59. The van der Waals surface area contributed by atoms with Gasteiger partial charge < -0.3 is 15.1 Å². The molecule has 1 aromatic carbocycles.